The number of benzene rings is 1. The topological polar surface area (TPSA) is 11.4 Å². The number of hydrogen-bond acceptors (Lipinski definition) is 2. The highest BCUT2D eigenvalue weighted by molar-refractivity contribution is 6.35. The molecule has 1 fully saturated rings. The van der Waals surface area contributed by atoms with Gasteiger partial charge in [-0.3, -0.25) is 4.90 Å². The maximum absolute atomic E-state index is 6.38. The minimum Gasteiger partial charge on any atom is -0.346 e. The standard InChI is InChI=1S/C16H22ClN3/c1-3-20-12-13(11-19-9-7-18(2)8-10-19)14-5-4-6-15(17)16(14)20/h4-6,12H,3,7-11H2,1-2H3. The summed E-state index contributed by atoms with van der Waals surface area (Å²) in [5.41, 5.74) is 2.58. The molecular formula is C16H22ClN3. The first-order valence-corrected chi connectivity index (χ1v) is 7.74. The average molecular weight is 292 g/mol. The fourth-order valence-electron chi connectivity index (χ4n) is 3.01. The summed E-state index contributed by atoms with van der Waals surface area (Å²) in [4.78, 5) is 4.93. The lowest BCUT2D eigenvalue weighted by Crippen LogP contribution is -2.43. The van der Waals surface area contributed by atoms with Crippen LogP contribution in [0.15, 0.2) is 24.4 Å². The third kappa shape index (κ3) is 2.58. The van der Waals surface area contributed by atoms with E-state index >= 15 is 0 Å². The van der Waals surface area contributed by atoms with Crippen LogP contribution in [-0.4, -0.2) is 47.6 Å². The van der Waals surface area contributed by atoms with Gasteiger partial charge in [0, 0.05) is 50.9 Å². The van der Waals surface area contributed by atoms with Gasteiger partial charge in [-0.05, 0) is 25.6 Å². The molecule has 3 rings (SSSR count). The van der Waals surface area contributed by atoms with Crippen LogP contribution in [0.5, 0.6) is 0 Å². The molecule has 3 nitrogen and oxygen atoms in total. The van der Waals surface area contributed by atoms with E-state index in [4.69, 9.17) is 11.6 Å². The second-order valence-corrected chi connectivity index (χ2v) is 6.06. The molecule has 2 heterocycles. The van der Waals surface area contributed by atoms with E-state index in [1.807, 2.05) is 6.07 Å². The van der Waals surface area contributed by atoms with Crippen LogP contribution in [0, 0.1) is 0 Å². The van der Waals surface area contributed by atoms with E-state index in [9.17, 15) is 0 Å². The highest BCUT2D eigenvalue weighted by Crippen LogP contribution is 2.29. The van der Waals surface area contributed by atoms with E-state index in [0.717, 1.165) is 44.3 Å². The minimum absolute atomic E-state index is 0.856. The van der Waals surface area contributed by atoms with Crippen molar-refractivity contribution in [2.75, 3.05) is 33.2 Å². The number of rotatable bonds is 3. The average Bonchev–Trinajstić information content (AvgIpc) is 2.81. The number of fused-ring (bicyclic) bond motifs is 1. The lowest BCUT2D eigenvalue weighted by atomic mass is 10.1. The molecule has 1 aliphatic rings. The summed E-state index contributed by atoms with van der Waals surface area (Å²) in [6, 6.07) is 6.23. The Morgan fingerprint density at radius 2 is 1.90 bits per heavy atom. The first-order valence-electron chi connectivity index (χ1n) is 7.36. The van der Waals surface area contributed by atoms with Gasteiger partial charge in [0.25, 0.3) is 0 Å². The summed E-state index contributed by atoms with van der Waals surface area (Å²) in [5, 5.41) is 2.16. The van der Waals surface area contributed by atoms with Crippen molar-refractivity contribution in [3.63, 3.8) is 0 Å². The van der Waals surface area contributed by atoms with E-state index in [1.165, 1.54) is 16.5 Å². The van der Waals surface area contributed by atoms with Crippen LogP contribution in [0.3, 0.4) is 0 Å². The summed E-state index contributed by atoms with van der Waals surface area (Å²) < 4.78 is 2.27. The molecule has 0 amide bonds. The highest BCUT2D eigenvalue weighted by Gasteiger charge is 2.17. The van der Waals surface area contributed by atoms with Crippen LogP contribution in [0.4, 0.5) is 0 Å². The summed E-state index contributed by atoms with van der Waals surface area (Å²) in [6.45, 7) is 8.77. The monoisotopic (exact) mass is 291 g/mol. The van der Waals surface area contributed by atoms with Crippen molar-refractivity contribution in [1.82, 2.24) is 14.4 Å². The zero-order valence-electron chi connectivity index (χ0n) is 12.3. The first kappa shape index (κ1) is 13.9. The zero-order chi connectivity index (χ0) is 14.1. The Morgan fingerprint density at radius 3 is 2.60 bits per heavy atom. The van der Waals surface area contributed by atoms with E-state index in [1.54, 1.807) is 0 Å². The number of hydrogen-bond donors (Lipinski definition) is 0. The van der Waals surface area contributed by atoms with Gasteiger partial charge in [0.05, 0.1) is 10.5 Å². The number of likely N-dealkylation sites (N-methyl/N-ethyl adjacent to an activating group) is 1. The molecule has 2 aromatic rings. The molecule has 0 atom stereocenters. The molecule has 20 heavy (non-hydrogen) atoms. The van der Waals surface area contributed by atoms with Gasteiger partial charge in [0.15, 0.2) is 0 Å². The summed E-state index contributed by atoms with van der Waals surface area (Å²) in [7, 11) is 2.19. The summed E-state index contributed by atoms with van der Waals surface area (Å²) in [6.07, 6.45) is 2.27. The molecule has 0 radical (unpaired) electrons. The van der Waals surface area contributed by atoms with Gasteiger partial charge >= 0.3 is 0 Å². The molecule has 1 aliphatic heterocycles. The highest BCUT2D eigenvalue weighted by atomic mass is 35.5. The van der Waals surface area contributed by atoms with Gasteiger partial charge in [-0.25, -0.2) is 0 Å². The normalized spacial score (nSPS) is 17.9. The van der Waals surface area contributed by atoms with Crippen LogP contribution >= 0.6 is 11.6 Å². The number of aromatic nitrogens is 1. The van der Waals surface area contributed by atoms with Gasteiger partial charge < -0.3 is 9.47 Å². The Kier molecular flexibility index (Phi) is 4.01. The van der Waals surface area contributed by atoms with Crippen molar-refractivity contribution in [3.8, 4) is 0 Å². The first-order chi connectivity index (χ1) is 9.69. The maximum atomic E-state index is 6.38. The quantitative estimate of drug-likeness (QED) is 0.861. The Labute approximate surface area is 125 Å². The predicted octanol–water partition coefficient (Wildman–Crippen LogP) is 3.06. The van der Waals surface area contributed by atoms with Crippen molar-refractivity contribution in [3.05, 3.63) is 35.0 Å². The zero-order valence-corrected chi connectivity index (χ0v) is 13.0. The molecule has 0 saturated carbocycles. The summed E-state index contributed by atoms with van der Waals surface area (Å²) >= 11 is 6.38. The fraction of sp³-hybridized carbons (Fsp3) is 0.500. The SMILES string of the molecule is CCn1cc(CN2CCN(C)CC2)c2cccc(Cl)c21. The number of nitrogens with zero attached hydrogens (tertiary/aromatic N) is 3. The van der Waals surface area contributed by atoms with Crippen molar-refractivity contribution in [1.29, 1.82) is 0 Å². The van der Waals surface area contributed by atoms with Gasteiger partial charge in [0.1, 0.15) is 0 Å². The second-order valence-electron chi connectivity index (χ2n) is 5.66. The molecule has 108 valence electrons. The lowest BCUT2D eigenvalue weighted by molar-refractivity contribution is 0.148. The number of para-hydroxylation sites is 1. The van der Waals surface area contributed by atoms with E-state index in [0.29, 0.717) is 0 Å². The smallest absolute Gasteiger partial charge is 0.0672 e. The lowest BCUT2D eigenvalue weighted by Gasteiger charge is -2.32. The maximum Gasteiger partial charge on any atom is 0.0672 e. The van der Waals surface area contributed by atoms with Crippen LogP contribution in [0.2, 0.25) is 5.02 Å². The van der Waals surface area contributed by atoms with Gasteiger partial charge in [-0.15, -0.1) is 0 Å². The molecule has 0 N–H and O–H groups in total. The number of piperazine rings is 1. The Hall–Kier alpha value is -1.03. The predicted molar refractivity (Wildman–Crippen MR) is 85.4 cm³/mol. The van der Waals surface area contributed by atoms with Crippen molar-refractivity contribution < 1.29 is 0 Å². The summed E-state index contributed by atoms with van der Waals surface area (Å²) in [5.74, 6) is 0. The second kappa shape index (κ2) is 5.76. The molecule has 1 aromatic carbocycles. The van der Waals surface area contributed by atoms with Gasteiger partial charge in [-0.2, -0.15) is 0 Å². The van der Waals surface area contributed by atoms with Crippen molar-refractivity contribution >= 4 is 22.5 Å². The van der Waals surface area contributed by atoms with E-state index in [-0.39, 0.29) is 0 Å². The molecule has 0 unspecified atom stereocenters. The van der Waals surface area contributed by atoms with E-state index < -0.39 is 0 Å². The Balaban J connectivity index is 1.90. The Morgan fingerprint density at radius 1 is 1.15 bits per heavy atom. The van der Waals surface area contributed by atoms with Crippen LogP contribution < -0.4 is 0 Å². The molecule has 0 aliphatic carbocycles. The molecule has 0 bridgehead atoms. The molecule has 1 saturated heterocycles. The van der Waals surface area contributed by atoms with Gasteiger partial charge in [0.2, 0.25) is 0 Å². The Bertz CT molecular complexity index is 597. The minimum atomic E-state index is 0.856. The van der Waals surface area contributed by atoms with Crippen LogP contribution in [-0.2, 0) is 13.1 Å². The largest absolute Gasteiger partial charge is 0.346 e. The van der Waals surface area contributed by atoms with Crippen molar-refractivity contribution in [2.45, 2.75) is 20.0 Å². The van der Waals surface area contributed by atoms with Gasteiger partial charge in [-0.1, -0.05) is 23.7 Å². The molecule has 0 spiro atoms. The number of halogens is 1. The molecular weight excluding hydrogens is 270 g/mol. The third-order valence-electron chi connectivity index (χ3n) is 4.26. The third-order valence-corrected chi connectivity index (χ3v) is 4.57. The fourth-order valence-corrected chi connectivity index (χ4v) is 3.29. The molecule has 1 aromatic heterocycles. The van der Waals surface area contributed by atoms with E-state index in [2.05, 4.69) is 46.7 Å². The molecule has 4 heteroatoms. The van der Waals surface area contributed by atoms with Crippen LogP contribution in [0.1, 0.15) is 12.5 Å². The van der Waals surface area contributed by atoms with Crippen LogP contribution in [0.25, 0.3) is 10.9 Å². The number of aryl methyl sites for hydroxylation is 1. The van der Waals surface area contributed by atoms with Crippen molar-refractivity contribution in [2.24, 2.45) is 0 Å².